The van der Waals surface area contributed by atoms with Crippen LogP contribution in [0.15, 0.2) is 42.5 Å². The number of anilines is 1. The molecule has 0 fully saturated rings. The molecule has 0 saturated heterocycles. The van der Waals surface area contributed by atoms with Crippen molar-refractivity contribution in [2.24, 2.45) is 0 Å². The van der Waals surface area contributed by atoms with E-state index in [1.165, 1.54) is 18.2 Å². The summed E-state index contributed by atoms with van der Waals surface area (Å²) in [6.45, 7) is 0.275. The molecule has 2 amide bonds. The third-order valence-electron chi connectivity index (χ3n) is 3.37. The smallest absolute Gasteiger partial charge is 0.418 e. The number of hydrogen-bond donors (Lipinski definition) is 2. The Balaban J connectivity index is 1.63. The molecule has 0 atom stereocenters. The van der Waals surface area contributed by atoms with Gasteiger partial charge < -0.3 is 20.1 Å². The fourth-order valence-electron chi connectivity index (χ4n) is 2.24. The van der Waals surface area contributed by atoms with Crippen LogP contribution in [0.1, 0.15) is 11.1 Å². The summed E-state index contributed by atoms with van der Waals surface area (Å²) in [6.07, 6.45) is -4.54. The zero-order chi connectivity index (χ0) is 17.2. The molecule has 1 heterocycles. The van der Waals surface area contributed by atoms with Gasteiger partial charge in [-0.05, 0) is 29.8 Å². The van der Waals surface area contributed by atoms with Gasteiger partial charge in [-0.2, -0.15) is 13.2 Å². The number of urea groups is 1. The lowest BCUT2D eigenvalue weighted by Crippen LogP contribution is -2.29. The highest BCUT2D eigenvalue weighted by Gasteiger charge is 2.33. The highest BCUT2D eigenvalue weighted by molar-refractivity contribution is 5.90. The van der Waals surface area contributed by atoms with Crippen molar-refractivity contribution < 1.29 is 27.4 Å². The summed E-state index contributed by atoms with van der Waals surface area (Å²) in [4.78, 5) is 11.9. The van der Waals surface area contributed by atoms with E-state index in [0.717, 1.165) is 11.6 Å². The average Bonchev–Trinajstić information content (AvgIpc) is 3.00. The SMILES string of the molecule is O=C(NCc1ccc2c(c1)OCO2)Nc1ccccc1C(F)(F)F. The summed E-state index contributed by atoms with van der Waals surface area (Å²) < 4.78 is 49.0. The van der Waals surface area contributed by atoms with Gasteiger partial charge >= 0.3 is 12.2 Å². The van der Waals surface area contributed by atoms with Crippen molar-refractivity contribution in [3.63, 3.8) is 0 Å². The van der Waals surface area contributed by atoms with Gasteiger partial charge in [0.1, 0.15) is 0 Å². The zero-order valence-electron chi connectivity index (χ0n) is 12.3. The summed E-state index contributed by atoms with van der Waals surface area (Å²) >= 11 is 0. The van der Waals surface area contributed by atoms with Crippen molar-refractivity contribution in [2.45, 2.75) is 12.7 Å². The van der Waals surface area contributed by atoms with Crippen molar-refractivity contribution in [1.82, 2.24) is 5.32 Å². The molecule has 0 bridgehead atoms. The summed E-state index contributed by atoms with van der Waals surface area (Å²) in [7, 11) is 0. The molecular weight excluding hydrogens is 325 g/mol. The molecule has 0 radical (unpaired) electrons. The average molecular weight is 338 g/mol. The molecule has 1 aliphatic rings. The highest BCUT2D eigenvalue weighted by atomic mass is 19.4. The second-order valence-electron chi connectivity index (χ2n) is 5.04. The highest BCUT2D eigenvalue weighted by Crippen LogP contribution is 2.34. The van der Waals surface area contributed by atoms with E-state index in [9.17, 15) is 18.0 Å². The molecule has 24 heavy (non-hydrogen) atoms. The van der Waals surface area contributed by atoms with Crippen LogP contribution < -0.4 is 20.1 Å². The van der Waals surface area contributed by atoms with Crippen LogP contribution in [0.5, 0.6) is 11.5 Å². The predicted octanol–water partition coefficient (Wildman–Crippen LogP) is 3.76. The third kappa shape index (κ3) is 3.53. The van der Waals surface area contributed by atoms with Gasteiger partial charge in [-0.1, -0.05) is 18.2 Å². The maximum atomic E-state index is 12.9. The molecule has 126 valence electrons. The van der Waals surface area contributed by atoms with Crippen LogP contribution >= 0.6 is 0 Å². The largest absolute Gasteiger partial charge is 0.454 e. The number of carbonyl (C=O) groups excluding carboxylic acids is 1. The van der Waals surface area contributed by atoms with Crippen molar-refractivity contribution in [2.75, 3.05) is 12.1 Å². The van der Waals surface area contributed by atoms with Gasteiger partial charge in [-0.25, -0.2) is 4.79 Å². The molecule has 1 aliphatic heterocycles. The van der Waals surface area contributed by atoms with Gasteiger partial charge in [0.25, 0.3) is 0 Å². The number of para-hydroxylation sites is 1. The lowest BCUT2D eigenvalue weighted by atomic mass is 10.1. The van der Waals surface area contributed by atoms with Gasteiger partial charge in [0.2, 0.25) is 6.79 Å². The van der Waals surface area contributed by atoms with Crippen molar-refractivity contribution >= 4 is 11.7 Å². The monoisotopic (exact) mass is 338 g/mol. The fraction of sp³-hybridized carbons (Fsp3) is 0.188. The summed E-state index contributed by atoms with van der Waals surface area (Å²) in [5.74, 6) is 1.18. The first kappa shape index (κ1) is 16.0. The summed E-state index contributed by atoms with van der Waals surface area (Å²) in [5.41, 5.74) is -0.463. The van der Waals surface area contributed by atoms with E-state index in [-0.39, 0.29) is 19.0 Å². The molecule has 5 nitrogen and oxygen atoms in total. The third-order valence-corrected chi connectivity index (χ3v) is 3.37. The van der Waals surface area contributed by atoms with E-state index < -0.39 is 17.8 Å². The first-order valence-electron chi connectivity index (χ1n) is 7.03. The number of halogens is 3. The number of ether oxygens (including phenoxy) is 2. The molecule has 0 unspecified atom stereocenters. The standard InChI is InChI=1S/C16H13F3N2O3/c17-16(18,19)11-3-1-2-4-12(11)21-15(22)20-8-10-5-6-13-14(7-10)24-9-23-13/h1-7H,8-9H2,(H2,20,21,22). The first-order valence-corrected chi connectivity index (χ1v) is 7.03. The van der Waals surface area contributed by atoms with E-state index in [1.807, 2.05) is 0 Å². The number of alkyl halides is 3. The molecular formula is C16H13F3N2O3. The van der Waals surface area contributed by atoms with E-state index in [1.54, 1.807) is 18.2 Å². The lowest BCUT2D eigenvalue weighted by molar-refractivity contribution is -0.136. The van der Waals surface area contributed by atoms with Crippen molar-refractivity contribution in [3.05, 3.63) is 53.6 Å². The van der Waals surface area contributed by atoms with Crippen LogP contribution in [0.2, 0.25) is 0 Å². The quantitative estimate of drug-likeness (QED) is 0.896. The molecule has 2 N–H and O–H groups in total. The first-order chi connectivity index (χ1) is 11.4. The van der Waals surface area contributed by atoms with Crippen molar-refractivity contribution in [1.29, 1.82) is 0 Å². The number of carbonyl (C=O) groups is 1. The predicted molar refractivity (Wildman–Crippen MR) is 79.9 cm³/mol. The van der Waals surface area contributed by atoms with E-state index in [0.29, 0.717) is 11.5 Å². The van der Waals surface area contributed by atoms with Crippen LogP contribution in [-0.2, 0) is 12.7 Å². The lowest BCUT2D eigenvalue weighted by Gasteiger charge is -2.14. The molecule has 8 heteroatoms. The van der Waals surface area contributed by atoms with Crippen molar-refractivity contribution in [3.8, 4) is 11.5 Å². The maximum Gasteiger partial charge on any atom is 0.418 e. The molecule has 2 aromatic rings. The number of amides is 2. The van der Waals surface area contributed by atoms with Gasteiger partial charge in [0.15, 0.2) is 11.5 Å². The van der Waals surface area contributed by atoms with E-state index in [2.05, 4.69) is 10.6 Å². The summed E-state index contributed by atoms with van der Waals surface area (Å²) in [6, 6.07) is 9.20. The minimum Gasteiger partial charge on any atom is -0.454 e. The fourth-order valence-corrected chi connectivity index (χ4v) is 2.24. The van der Waals surface area contributed by atoms with Gasteiger partial charge in [-0.15, -0.1) is 0 Å². The Kier molecular flexibility index (Phi) is 4.20. The molecule has 0 saturated carbocycles. The van der Waals surface area contributed by atoms with E-state index >= 15 is 0 Å². The van der Waals surface area contributed by atoms with Gasteiger partial charge in [-0.3, -0.25) is 0 Å². The second-order valence-corrected chi connectivity index (χ2v) is 5.04. The number of hydrogen-bond acceptors (Lipinski definition) is 3. The minimum atomic E-state index is -4.54. The minimum absolute atomic E-state index is 0.136. The number of nitrogens with one attached hydrogen (secondary N) is 2. The van der Waals surface area contributed by atoms with Crippen LogP contribution in [0, 0.1) is 0 Å². The molecule has 0 aromatic heterocycles. The summed E-state index contributed by atoms with van der Waals surface area (Å²) in [5, 5.41) is 4.72. The second kappa shape index (κ2) is 6.31. The Labute approximate surface area is 135 Å². The maximum absolute atomic E-state index is 12.9. The van der Waals surface area contributed by atoms with Gasteiger partial charge in [0.05, 0.1) is 11.3 Å². The van der Waals surface area contributed by atoms with Gasteiger partial charge in [0, 0.05) is 6.54 Å². The van der Waals surface area contributed by atoms with Crippen LogP contribution in [0.3, 0.4) is 0 Å². The Morgan fingerprint density at radius 3 is 2.62 bits per heavy atom. The Morgan fingerprint density at radius 1 is 1.08 bits per heavy atom. The molecule has 0 spiro atoms. The van der Waals surface area contributed by atoms with Crippen LogP contribution in [0.4, 0.5) is 23.7 Å². The number of benzene rings is 2. The van der Waals surface area contributed by atoms with Crippen LogP contribution in [0.25, 0.3) is 0 Å². The Hall–Kier alpha value is -2.90. The normalized spacial score (nSPS) is 12.8. The Morgan fingerprint density at radius 2 is 1.83 bits per heavy atom. The van der Waals surface area contributed by atoms with Crippen LogP contribution in [-0.4, -0.2) is 12.8 Å². The molecule has 3 rings (SSSR count). The van der Waals surface area contributed by atoms with E-state index in [4.69, 9.17) is 9.47 Å². The topological polar surface area (TPSA) is 59.6 Å². The number of fused-ring (bicyclic) bond motifs is 1. The Bertz CT molecular complexity index is 762. The molecule has 2 aromatic carbocycles. The zero-order valence-corrected chi connectivity index (χ0v) is 12.3. The molecule has 0 aliphatic carbocycles. The number of rotatable bonds is 3.